The van der Waals surface area contributed by atoms with Crippen molar-refractivity contribution in [2.75, 3.05) is 12.4 Å². The Hall–Kier alpha value is -2.82. The van der Waals surface area contributed by atoms with Crippen LogP contribution in [-0.4, -0.2) is 18.8 Å². The first-order chi connectivity index (χ1) is 10.6. The number of hydrogen-bond acceptors (Lipinski definition) is 4. The number of carbonyl (C=O) groups excluding carboxylic acids is 2. The lowest BCUT2D eigenvalue weighted by Gasteiger charge is -2.10. The molecule has 2 aromatic carbocycles. The maximum Gasteiger partial charge on any atom is 0.231 e. The Morgan fingerprint density at radius 2 is 1.64 bits per heavy atom. The quantitative estimate of drug-likeness (QED) is 0.830. The van der Waals surface area contributed by atoms with E-state index in [1.54, 1.807) is 37.4 Å². The molecule has 0 fully saturated rings. The standard InChI is InChI=1S/C17H17NO4/c1-12(19)11-17(20)18-13-7-9-14(10-8-13)22-16-6-4-3-5-15(16)21-2/h3-10H,11H2,1-2H3,(H,18,20). The van der Waals surface area contributed by atoms with Gasteiger partial charge in [-0.25, -0.2) is 0 Å². The predicted octanol–water partition coefficient (Wildman–Crippen LogP) is 3.41. The first-order valence-electron chi connectivity index (χ1n) is 6.78. The number of nitrogens with one attached hydrogen (secondary N) is 1. The monoisotopic (exact) mass is 299 g/mol. The lowest BCUT2D eigenvalue weighted by molar-refractivity contribution is -0.124. The number of anilines is 1. The largest absolute Gasteiger partial charge is 0.493 e. The Kier molecular flexibility index (Phi) is 5.14. The SMILES string of the molecule is COc1ccccc1Oc1ccc(NC(=O)CC(C)=O)cc1. The third-order valence-electron chi connectivity index (χ3n) is 2.84. The molecule has 0 atom stereocenters. The molecule has 0 bridgehead atoms. The van der Waals surface area contributed by atoms with Crippen LogP contribution in [0.25, 0.3) is 0 Å². The van der Waals surface area contributed by atoms with Gasteiger partial charge in [0, 0.05) is 5.69 Å². The summed E-state index contributed by atoms with van der Waals surface area (Å²) in [6.07, 6.45) is -0.126. The van der Waals surface area contributed by atoms with Crippen molar-refractivity contribution in [2.24, 2.45) is 0 Å². The fourth-order valence-electron chi connectivity index (χ4n) is 1.87. The van der Waals surface area contributed by atoms with Crippen molar-refractivity contribution in [2.45, 2.75) is 13.3 Å². The summed E-state index contributed by atoms with van der Waals surface area (Å²) in [5.41, 5.74) is 0.610. The van der Waals surface area contributed by atoms with E-state index in [0.29, 0.717) is 22.9 Å². The van der Waals surface area contributed by atoms with Crippen molar-refractivity contribution >= 4 is 17.4 Å². The van der Waals surface area contributed by atoms with Gasteiger partial charge in [0.05, 0.1) is 13.5 Å². The number of carbonyl (C=O) groups is 2. The summed E-state index contributed by atoms with van der Waals surface area (Å²) in [4.78, 5) is 22.4. The Morgan fingerprint density at radius 1 is 1.00 bits per heavy atom. The molecule has 0 aliphatic heterocycles. The molecule has 114 valence electrons. The molecule has 0 aliphatic carbocycles. The number of ketones is 1. The molecule has 0 heterocycles. The second kappa shape index (κ2) is 7.26. The fraction of sp³-hybridized carbons (Fsp3) is 0.176. The first-order valence-corrected chi connectivity index (χ1v) is 6.78. The van der Waals surface area contributed by atoms with Crippen molar-refractivity contribution in [1.29, 1.82) is 0 Å². The lowest BCUT2D eigenvalue weighted by Crippen LogP contribution is -2.14. The Morgan fingerprint density at radius 3 is 2.23 bits per heavy atom. The van der Waals surface area contributed by atoms with Crippen LogP contribution in [-0.2, 0) is 9.59 Å². The molecule has 22 heavy (non-hydrogen) atoms. The maximum atomic E-state index is 11.5. The zero-order chi connectivity index (χ0) is 15.9. The minimum absolute atomic E-state index is 0.126. The van der Waals surface area contributed by atoms with Crippen molar-refractivity contribution < 1.29 is 19.1 Å². The number of Topliss-reactive ketones (excluding diaryl/α,β-unsaturated/α-hetero) is 1. The molecule has 0 unspecified atom stereocenters. The van der Waals surface area contributed by atoms with Gasteiger partial charge in [-0.1, -0.05) is 12.1 Å². The van der Waals surface area contributed by atoms with E-state index < -0.39 is 0 Å². The van der Waals surface area contributed by atoms with Crippen molar-refractivity contribution in [1.82, 2.24) is 0 Å². The van der Waals surface area contributed by atoms with Crippen molar-refractivity contribution in [3.05, 3.63) is 48.5 Å². The van der Waals surface area contributed by atoms with Crippen molar-refractivity contribution in [3.63, 3.8) is 0 Å². The third kappa shape index (κ3) is 4.34. The highest BCUT2D eigenvalue weighted by Crippen LogP contribution is 2.31. The van der Waals surface area contributed by atoms with E-state index in [9.17, 15) is 9.59 Å². The average Bonchev–Trinajstić information content (AvgIpc) is 2.49. The highest BCUT2D eigenvalue weighted by molar-refractivity contribution is 6.03. The number of benzene rings is 2. The molecule has 5 heteroatoms. The molecule has 0 radical (unpaired) electrons. The molecule has 0 saturated heterocycles. The summed E-state index contributed by atoms with van der Waals surface area (Å²) >= 11 is 0. The Labute approximate surface area is 128 Å². The third-order valence-corrected chi connectivity index (χ3v) is 2.84. The molecule has 0 saturated carbocycles. The van der Waals surface area contributed by atoms with E-state index in [0.717, 1.165) is 0 Å². The Balaban J connectivity index is 2.03. The van der Waals surface area contributed by atoms with Gasteiger partial charge in [0.2, 0.25) is 5.91 Å². The summed E-state index contributed by atoms with van der Waals surface area (Å²) in [6, 6.07) is 14.2. The molecule has 1 amide bonds. The summed E-state index contributed by atoms with van der Waals surface area (Å²) in [6.45, 7) is 1.38. The van der Waals surface area contributed by atoms with Gasteiger partial charge in [-0.3, -0.25) is 9.59 Å². The zero-order valence-corrected chi connectivity index (χ0v) is 12.5. The smallest absolute Gasteiger partial charge is 0.231 e. The van der Waals surface area contributed by atoms with E-state index in [4.69, 9.17) is 9.47 Å². The molecular weight excluding hydrogens is 282 g/mol. The summed E-state index contributed by atoms with van der Waals surface area (Å²) in [5, 5.41) is 2.65. The van der Waals surface area contributed by atoms with Crippen LogP contribution in [0.1, 0.15) is 13.3 Å². The van der Waals surface area contributed by atoms with E-state index >= 15 is 0 Å². The van der Waals surface area contributed by atoms with E-state index in [2.05, 4.69) is 5.32 Å². The number of amides is 1. The number of methoxy groups -OCH3 is 1. The minimum Gasteiger partial charge on any atom is -0.493 e. The fourth-order valence-corrected chi connectivity index (χ4v) is 1.87. The zero-order valence-electron chi connectivity index (χ0n) is 12.5. The van der Waals surface area contributed by atoms with Crippen LogP contribution in [0.3, 0.4) is 0 Å². The van der Waals surface area contributed by atoms with Gasteiger partial charge < -0.3 is 14.8 Å². The van der Waals surface area contributed by atoms with Crippen LogP contribution in [0.15, 0.2) is 48.5 Å². The van der Waals surface area contributed by atoms with E-state index in [1.165, 1.54) is 6.92 Å². The molecule has 5 nitrogen and oxygen atoms in total. The molecule has 1 N–H and O–H groups in total. The topological polar surface area (TPSA) is 64.6 Å². The molecule has 0 aliphatic rings. The second-order valence-corrected chi connectivity index (χ2v) is 4.70. The van der Waals surface area contributed by atoms with Gasteiger partial charge in [-0.15, -0.1) is 0 Å². The maximum absolute atomic E-state index is 11.5. The summed E-state index contributed by atoms with van der Waals surface area (Å²) in [5.74, 6) is 1.37. The summed E-state index contributed by atoms with van der Waals surface area (Å²) in [7, 11) is 1.58. The van der Waals surface area contributed by atoms with Crippen LogP contribution in [0.5, 0.6) is 17.2 Å². The number of ether oxygens (including phenoxy) is 2. The lowest BCUT2D eigenvalue weighted by atomic mass is 10.2. The predicted molar refractivity (Wildman–Crippen MR) is 83.4 cm³/mol. The molecule has 2 aromatic rings. The molecule has 0 aromatic heterocycles. The van der Waals surface area contributed by atoms with Crippen molar-refractivity contribution in [3.8, 4) is 17.2 Å². The molecule has 0 spiro atoms. The van der Waals surface area contributed by atoms with Crippen LogP contribution < -0.4 is 14.8 Å². The highest BCUT2D eigenvalue weighted by Gasteiger charge is 2.07. The van der Waals surface area contributed by atoms with Crippen LogP contribution in [0.4, 0.5) is 5.69 Å². The van der Waals surface area contributed by atoms with Crippen LogP contribution in [0, 0.1) is 0 Å². The van der Waals surface area contributed by atoms with Gasteiger partial charge in [0.1, 0.15) is 11.5 Å². The number of para-hydroxylation sites is 2. The van der Waals surface area contributed by atoms with E-state index in [-0.39, 0.29) is 18.1 Å². The second-order valence-electron chi connectivity index (χ2n) is 4.70. The van der Waals surface area contributed by atoms with Gasteiger partial charge in [-0.05, 0) is 43.3 Å². The normalized spacial score (nSPS) is 9.91. The Bertz CT molecular complexity index is 665. The molecular formula is C17H17NO4. The van der Waals surface area contributed by atoms with Crippen LogP contribution >= 0.6 is 0 Å². The molecule has 2 rings (SSSR count). The van der Waals surface area contributed by atoms with Gasteiger partial charge in [0.25, 0.3) is 0 Å². The van der Waals surface area contributed by atoms with Crippen LogP contribution in [0.2, 0.25) is 0 Å². The first kappa shape index (κ1) is 15.6. The average molecular weight is 299 g/mol. The number of rotatable bonds is 6. The van der Waals surface area contributed by atoms with E-state index in [1.807, 2.05) is 18.2 Å². The minimum atomic E-state index is -0.328. The van der Waals surface area contributed by atoms with Gasteiger partial charge in [0.15, 0.2) is 11.5 Å². The van der Waals surface area contributed by atoms with Gasteiger partial charge >= 0.3 is 0 Å². The number of hydrogen-bond donors (Lipinski definition) is 1. The summed E-state index contributed by atoms with van der Waals surface area (Å²) < 4.78 is 11.0. The van der Waals surface area contributed by atoms with Gasteiger partial charge in [-0.2, -0.15) is 0 Å². The highest BCUT2D eigenvalue weighted by atomic mass is 16.5.